The summed E-state index contributed by atoms with van der Waals surface area (Å²) in [6.07, 6.45) is -2.77. The normalized spacial score (nSPS) is 12.3. The summed E-state index contributed by atoms with van der Waals surface area (Å²) in [6, 6.07) is 0.777. The van der Waals surface area contributed by atoms with Crippen LogP contribution in [0.25, 0.3) is 6.08 Å². The number of rotatable bonds is 2. The molecule has 15 heavy (non-hydrogen) atoms. The van der Waals surface area contributed by atoms with Gasteiger partial charge in [0, 0.05) is 13.1 Å². The van der Waals surface area contributed by atoms with Gasteiger partial charge in [-0.05, 0) is 12.1 Å². The summed E-state index contributed by atoms with van der Waals surface area (Å²) >= 11 is 0. The molecule has 1 N–H and O–H groups in total. The maximum absolute atomic E-state index is 12.3. The van der Waals surface area contributed by atoms with E-state index in [1.54, 1.807) is 0 Å². The molecule has 0 fully saturated rings. The second-order valence-electron chi connectivity index (χ2n) is 2.75. The lowest BCUT2D eigenvalue weighted by molar-refractivity contribution is -0.143. The fourth-order valence-corrected chi connectivity index (χ4v) is 0.993. The van der Waals surface area contributed by atoms with Gasteiger partial charge in [-0.15, -0.1) is 0 Å². The number of hydrogen-bond acceptors (Lipinski definition) is 2. The number of hydrogen-bond donors (Lipinski definition) is 1. The van der Waals surface area contributed by atoms with E-state index in [0.29, 0.717) is 4.68 Å². The lowest BCUT2D eigenvalue weighted by Crippen LogP contribution is -2.11. The number of alkyl halides is 3. The average molecular weight is 220 g/mol. The lowest BCUT2D eigenvalue weighted by atomic mass is 10.3. The van der Waals surface area contributed by atoms with Crippen molar-refractivity contribution >= 4 is 12.0 Å². The molecule has 0 aliphatic rings. The molecule has 4 nitrogen and oxygen atoms in total. The molecule has 0 amide bonds. The topological polar surface area (TPSA) is 55.1 Å². The van der Waals surface area contributed by atoms with Gasteiger partial charge in [0.25, 0.3) is 0 Å². The number of aromatic nitrogens is 2. The zero-order valence-corrected chi connectivity index (χ0v) is 7.62. The summed E-state index contributed by atoms with van der Waals surface area (Å²) in [5.41, 5.74) is -0.972. The summed E-state index contributed by atoms with van der Waals surface area (Å²) in [5, 5.41) is 11.8. The van der Waals surface area contributed by atoms with Crippen LogP contribution in [0.2, 0.25) is 0 Å². The molecular weight excluding hydrogens is 213 g/mol. The molecule has 0 aromatic carbocycles. The van der Waals surface area contributed by atoms with Gasteiger partial charge in [-0.3, -0.25) is 4.68 Å². The first-order chi connectivity index (χ1) is 6.80. The smallest absolute Gasteiger partial charge is 0.433 e. The van der Waals surface area contributed by atoms with Gasteiger partial charge in [-0.2, -0.15) is 18.3 Å². The molecule has 0 aliphatic carbocycles. The predicted octanol–water partition coefficient (Wildman–Crippen LogP) is 1.54. The third-order valence-corrected chi connectivity index (χ3v) is 1.59. The number of carboxylic acids is 1. The first kappa shape index (κ1) is 11.3. The van der Waals surface area contributed by atoms with Gasteiger partial charge < -0.3 is 5.11 Å². The molecule has 0 aliphatic heterocycles. The lowest BCUT2D eigenvalue weighted by Gasteiger charge is -2.04. The largest absolute Gasteiger partial charge is 0.478 e. The second-order valence-corrected chi connectivity index (χ2v) is 2.75. The Bertz CT molecular complexity index is 407. The van der Waals surface area contributed by atoms with Crippen molar-refractivity contribution in [3.05, 3.63) is 23.5 Å². The Hall–Kier alpha value is -1.79. The Kier molecular flexibility index (Phi) is 2.83. The fourth-order valence-electron chi connectivity index (χ4n) is 0.993. The van der Waals surface area contributed by atoms with Crippen LogP contribution in [0.15, 0.2) is 12.1 Å². The minimum absolute atomic E-state index is 0.0489. The third-order valence-electron chi connectivity index (χ3n) is 1.59. The van der Waals surface area contributed by atoms with E-state index in [1.165, 1.54) is 0 Å². The Morgan fingerprint density at radius 2 is 2.20 bits per heavy atom. The van der Waals surface area contributed by atoms with E-state index in [0.717, 1.165) is 25.3 Å². The molecule has 1 heterocycles. The highest BCUT2D eigenvalue weighted by Gasteiger charge is 2.34. The number of halogens is 3. The zero-order chi connectivity index (χ0) is 11.6. The fraction of sp³-hybridized carbons (Fsp3) is 0.250. The molecule has 0 unspecified atom stereocenters. The Morgan fingerprint density at radius 1 is 1.60 bits per heavy atom. The molecule has 7 heteroatoms. The molecule has 1 rings (SSSR count). The van der Waals surface area contributed by atoms with Gasteiger partial charge in [0.1, 0.15) is 5.69 Å². The van der Waals surface area contributed by atoms with Crippen LogP contribution in [-0.4, -0.2) is 20.9 Å². The number of carbonyl (C=O) groups is 1. The van der Waals surface area contributed by atoms with Crippen molar-refractivity contribution < 1.29 is 23.1 Å². The molecule has 0 bridgehead atoms. The van der Waals surface area contributed by atoms with Crippen molar-refractivity contribution in [3.8, 4) is 0 Å². The van der Waals surface area contributed by atoms with Gasteiger partial charge in [0.15, 0.2) is 0 Å². The summed E-state index contributed by atoms with van der Waals surface area (Å²) in [5.74, 6) is -1.24. The van der Waals surface area contributed by atoms with Crippen LogP contribution in [0, 0.1) is 0 Å². The standard InChI is InChI=1S/C8H7F3N2O2/c1-13-6(8(9,10)11)4-5(12-13)2-3-7(14)15/h2-4H,1H3,(H,14,15)/b3-2+. The van der Waals surface area contributed by atoms with Gasteiger partial charge in [0.05, 0.1) is 5.69 Å². The minimum Gasteiger partial charge on any atom is -0.478 e. The first-order valence-electron chi connectivity index (χ1n) is 3.83. The van der Waals surface area contributed by atoms with Crippen LogP contribution in [0.5, 0.6) is 0 Å². The van der Waals surface area contributed by atoms with Crippen molar-refractivity contribution in [1.82, 2.24) is 9.78 Å². The van der Waals surface area contributed by atoms with Crippen LogP contribution in [0.3, 0.4) is 0 Å². The van der Waals surface area contributed by atoms with E-state index in [4.69, 9.17) is 5.11 Å². The quantitative estimate of drug-likeness (QED) is 0.769. The van der Waals surface area contributed by atoms with Crippen LogP contribution in [0.1, 0.15) is 11.4 Å². The summed E-state index contributed by atoms with van der Waals surface area (Å²) in [4.78, 5) is 10.1. The highest BCUT2D eigenvalue weighted by atomic mass is 19.4. The number of aliphatic carboxylic acids is 1. The molecular formula is C8H7F3N2O2. The monoisotopic (exact) mass is 220 g/mol. The van der Waals surface area contributed by atoms with Crippen molar-refractivity contribution in [2.75, 3.05) is 0 Å². The molecule has 1 aromatic heterocycles. The number of carboxylic acid groups (broad SMARTS) is 1. The number of nitrogens with zero attached hydrogens (tertiary/aromatic N) is 2. The third kappa shape index (κ3) is 2.83. The molecule has 0 radical (unpaired) electrons. The SMILES string of the molecule is Cn1nc(/C=C/C(=O)O)cc1C(F)(F)F. The van der Waals surface area contributed by atoms with Crippen LogP contribution in [0.4, 0.5) is 13.2 Å². The van der Waals surface area contributed by atoms with E-state index >= 15 is 0 Å². The summed E-state index contributed by atoms with van der Waals surface area (Å²) in [7, 11) is 1.14. The number of aryl methyl sites for hydroxylation is 1. The van der Waals surface area contributed by atoms with E-state index < -0.39 is 17.8 Å². The average Bonchev–Trinajstić information content (AvgIpc) is 2.42. The minimum atomic E-state index is -4.49. The van der Waals surface area contributed by atoms with E-state index in [1.807, 2.05) is 0 Å². The van der Waals surface area contributed by atoms with E-state index in [-0.39, 0.29) is 5.69 Å². The van der Waals surface area contributed by atoms with Crippen molar-refractivity contribution in [1.29, 1.82) is 0 Å². The van der Waals surface area contributed by atoms with Gasteiger partial charge in [0.2, 0.25) is 0 Å². The Labute approximate surface area is 82.6 Å². The Balaban J connectivity index is 3.01. The first-order valence-corrected chi connectivity index (χ1v) is 3.83. The Morgan fingerprint density at radius 3 is 2.60 bits per heavy atom. The van der Waals surface area contributed by atoms with Crippen LogP contribution < -0.4 is 0 Å². The molecule has 0 saturated heterocycles. The van der Waals surface area contributed by atoms with Crippen molar-refractivity contribution in [3.63, 3.8) is 0 Å². The van der Waals surface area contributed by atoms with E-state index in [2.05, 4.69) is 5.10 Å². The van der Waals surface area contributed by atoms with Gasteiger partial charge in [-0.25, -0.2) is 4.79 Å². The molecule has 82 valence electrons. The summed E-state index contributed by atoms with van der Waals surface area (Å²) in [6.45, 7) is 0. The van der Waals surface area contributed by atoms with Gasteiger partial charge >= 0.3 is 12.1 Å². The highest BCUT2D eigenvalue weighted by Crippen LogP contribution is 2.29. The molecule has 0 atom stereocenters. The van der Waals surface area contributed by atoms with Gasteiger partial charge in [-0.1, -0.05) is 0 Å². The molecule has 0 saturated carbocycles. The second kappa shape index (κ2) is 3.76. The highest BCUT2D eigenvalue weighted by molar-refractivity contribution is 5.84. The zero-order valence-electron chi connectivity index (χ0n) is 7.62. The maximum Gasteiger partial charge on any atom is 0.433 e. The maximum atomic E-state index is 12.3. The molecule has 0 spiro atoms. The summed E-state index contributed by atoms with van der Waals surface area (Å²) < 4.78 is 37.4. The predicted molar refractivity (Wildman–Crippen MR) is 44.9 cm³/mol. The van der Waals surface area contributed by atoms with Crippen molar-refractivity contribution in [2.45, 2.75) is 6.18 Å². The molecule has 1 aromatic rings. The van der Waals surface area contributed by atoms with E-state index in [9.17, 15) is 18.0 Å². The van der Waals surface area contributed by atoms with Crippen LogP contribution >= 0.6 is 0 Å². The van der Waals surface area contributed by atoms with Crippen molar-refractivity contribution in [2.24, 2.45) is 7.05 Å². The van der Waals surface area contributed by atoms with Crippen LogP contribution in [-0.2, 0) is 18.0 Å².